The fraction of sp³-hybridized carbons (Fsp3) is 0.500. The number of benzene rings is 1. The molecule has 0 aliphatic carbocycles. The number of methoxy groups -OCH3 is 2. The fourth-order valence-electron chi connectivity index (χ4n) is 1.62. The summed E-state index contributed by atoms with van der Waals surface area (Å²) in [6.45, 7) is 5.01. The van der Waals surface area contributed by atoms with Crippen LogP contribution in [-0.2, 0) is 0 Å². The first-order valence-electron chi connectivity index (χ1n) is 5.97. The SMILES string of the molecule is COc1ccc(C(C#N)NCC(C)C)cc1OC. The van der Waals surface area contributed by atoms with Crippen molar-refractivity contribution in [1.82, 2.24) is 5.32 Å². The van der Waals surface area contributed by atoms with Crippen LogP contribution in [0.3, 0.4) is 0 Å². The van der Waals surface area contributed by atoms with Gasteiger partial charge in [-0.2, -0.15) is 5.26 Å². The third-order valence-electron chi connectivity index (χ3n) is 2.60. The normalized spacial score (nSPS) is 12.0. The summed E-state index contributed by atoms with van der Waals surface area (Å²) in [5.41, 5.74) is 0.885. The standard InChI is InChI=1S/C14H20N2O2/c1-10(2)9-16-12(8-15)11-5-6-13(17-3)14(7-11)18-4/h5-7,10,12,16H,9H2,1-4H3. The molecule has 4 nitrogen and oxygen atoms in total. The molecule has 0 heterocycles. The minimum Gasteiger partial charge on any atom is -0.493 e. The predicted octanol–water partition coefficient (Wildman–Crippen LogP) is 2.51. The van der Waals surface area contributed by atoms with Crippen molar-refractivity contribution in [3.63, 3.8) is 0 Å². The van der Waals surface area contributed by atoms with Crippen LogP contribution < -0.4 is 14.8 Å². The van der Waals surface area contributed by atoms with Crippen LogP contribution in [0, 0.1) is 17.2 Å². The Morgan fingerprint density at radius 1 is 1.22 bits per heavy atom. The van der Waals surface area contributed by atoms with E-state index in [0.29, 0.717) is 17.4 Å². The molecule has 1 unspecified atom stereocenters. The highest BCUT2D eigenvalue weighted by Crippen LogP contribution is 2.29. The van der Waals surface area contributed by atoms with Crippen molar-refractivity contribution in [2.75, 3.05) is 20.8 Å². The first-order chi connectivity index (χ1) is 8.62. The predicted molar refractivity (Wildman–Crippen MR) is 70.7 cm³/mol. The molecule has 0 amide bonds. The highest BCUT2D eigenvalue weighted by molar-refractivity contribution is 5.44. The van der Waals surface area contributed by atoms with Gasteiger partial charge in [0.25, 0.3) is 0 Å². The van der Waals surface area contributed by atoms with Crippen molar-refractivity contribution in [3.8, 4) is 17.6 Å². The molecule has 0 radical (unpaired) electrons. The summed E-state index contributed by atoms with van der Waals surface area (Å²) in [7, 11) is 3.18. The maximum atomic E-state index is 9.20. The molecule has 1 N–H and O–H groups in total. The Kier molecular flexibility index (Phi) is 5.47. The van der Waals surface area contributed by atoms with Crippen LogP contribution in [0.25, 0.3) is 0 Å². The summed E-state index contributed by atoms with van der Waals surface area (Å²) in [6.07, 6.45) is 0. The average Bonchev–Trinajstić information content (AvgIpc) is 2.38. The molecule has 0 fully saturated rings. The lowest BCUT2D eigenvalue weighted by Gasteiger charge is -2.15. The van der Waals surface area contributed by atoms with E-state index in [-0.39, 0.29) is 6.04 Å². The molecular weight excluding hydrogens is 228 g/mol. The number of ether oxygens (including phenoxy) is 2. The molecule has 0 aliphatic heterocycles. The van der Waals surface area contributed by atoms with Crippen molar-refractivity contribution in [2.24, 2.45) is 5.92 Å². The van der Waals surface area contributed by atoms with E-state index < -0.39 is 0 Å². The molecule has 18 heavy (non-hydrogen) atoms. The zero-order valence-corrected chi connectivity index (χ0v) is 11.4. The van der Waals surface area contributed by atoms with E-state index in [1.165, 1.54) is 0 Å². The first kappa shape index (κ1) is 14.3. The Balaban J connectivity index is 2.90. The van der Waals surface area contributed by atoms with Crippen molar-refractivity contribution >= 4 is 0 Å². The molecular formula is C14H20N2O2. The lowest BCUT2D eigenvalue weighted by Crippen LogP contribution is -2.24. The largest absolute Gasteiger partial charge is 0.493 e. The third kappa shape index (κ3) is 3.64. The molecule has 0 bridgehead atoms. The van der Waals surface area contributed by atoms with Gasteiger partial charge in [-0.15, -0.1) is 0 Å². The van der Waals surface area contributed by atoms with E-state index >= 15 is 0 Å². The van der Waals surface area contributed by atoms with Gasteiger partial charge >= 0.3 is 0 Å². The number of hydrogen-bond acceptors (Lipinski definition) is 4. The molecule has 1 aromatic carbocycles. The summed E-state index contributed by atoms with van der Waals surface area (Å²) in [6, 6.07) is 7.45. The van der Waals surface area contributed by atoms with Gasteiger partial charge in [0, 0.05) is 0 Å². The second kappa shape index (κ2) is 6.87. The van der Waals surface area contributed by atoms with Gasteiger partial charge in [0.2, 0.25) is 0 Å². The van der Waals surface area contributed by atoms with Gasteiger partial charge in [0.1, 0.15) is 6.04 Å². The van der Waals surface area contributed by atoms with E-state index in [9.17, 15) is 5.26 Å². The number of nitrogens with one attached hydrogen (secondary N) is 1. The number of nitriles is 1. The Morgan fingerprint density at radius 3 is 2.39 bits per heavy atom. The van der Waals surface area contributed by atoms with Crippen LogP contribution in [0.4, 0.5) is 0 Å². The molecule has 0 spiro atoms. The topological polar surface area (TPSA) is 54.3 Å². The number of rotatable bonds is 6. The molecule has 1 atom stereocenters. The van der Waals surface area contributed by atoms with Crippen molar-refractivity contribution in [2.45, 2.75) is 19.9 Å². The Labute approximate surface area is 109 Å². The molecule has 4 heteroatoms. The molecule has 0 aliphatic rings. The van der Waals surface area contributed by atoms with Crippen LogP contribution in [0.15, 0.2) is 18.2 Å². The van der Waals surface area contributed by atoms with Crippen molar-refractivity contribution in [1.29, 1.82) is 5.26 Å². The summed E-state index contributed by atoms with van der Waals surface area (Å²) in [4.78, 5) is 0. The molecule has 0 saturated heterocycles. The second-order valence-corrected chi connectivity index (χ2v) is 4.48. The van der Waals surface area contributed by atoms with Crippen LogP contribution in [0.1, 0.15) is 25.5 Å². The minimum absolute atomic E-state index is 0.327. The van der Waals surface area contributed by atoms with Gasteiger partial charge in [0.15, 0.2) is 11.5 Å². The first-order valence-corrected chi connectivity index (χ1v) is 5.97. The van der Waals surface area contributed by atoms with E-state index in [0.717, 1.165) is 12.1 Å². The fourth-order valence-corrected chi connectivity index (χ4v) is 1.62. The van der Waals surface area contributed by atoms with Crippen molar-refractivity contribution in [3.05, 3.63) is 23.8 Å². The molecule has 1 aromatic rings. The van der Waals surface area contributed by atoms with Gasteiger partial charge in [-0.1, -0.05) is 19.9 Å². The Hall–Kier alpha value is -1.73. The Bertz CT molecular complexity index is 424. The van der Waals surface area contributed by atoms with E-state index in [1.807, 2.05) is 18.2 Å². The molecule has 98 valence electrons. The number of nitrogens with zero attached hydrogens (tertiary/aromatic N) is 1. The second-order valence-electron chi connectivity index (χ2n) is 4.48. The van der Waals surface area contributed by atoms with E-state index in [2.05, 4.69) is 25.2 Å². The smallest absolute Gasteiger partial charge is 0.161 e. The monoisotopic (exact) mass is 248 g/mol. The zero-order valence-electron chi connectivity index (χ0n) is 11.4. The van der Waals surface area contributed by atoms with Crippen LogP contribution in [0.2, 0.25) is 0 Å². The highest BCUT2D eigenvalue weighted by Gasteiger charge is 2.13. The minimum atomic E-state index is -0.327. The molecule has 1 rings (SSSR count). The van der Waals surface area contributed by atoms with Gasteiger partial charge in [-0.3, -0.25) is 5.32 Å². The van der Waals surface area contributed by atoms with E-state index in [4.69, 9.17) is 9.47 Å². The summed E-state index contributed by atoms with van der Waals surface area (Å²) in [5, 5.41) is 12.4. The van der Waals surface area contributed by atoms with Crippen LogP contribution in [0.5, 0.6) is 11.5 Å². The summed E-state index contributed by atoms with van der Waals surface area (Å²) >= 11 is 0. The maximum absolute atomic E-state index is 9.20. The molecule has 0 aromatic heterocycles. The lowest BCUT2D eigenvalue weighted by molar-refractivity contribution is 0.354. The van der Waals surface area contributed by atoms with Gasteiger partial charge in [-0.25, -0.2) is 0 Å². The van der Waals surface area contributed by atoms with Crippen LogP contribution >= 0.6 is 0 Å². The Morgan fingerprint density at radius 2 is 1.89 bits per heavy atom. The van der Waals surface area contributed by atoms with Gasteiger partial charge < -0.3 is 9.47 Å². The lowest BCUT2D eigenvalue weighted by atomic mass is 10.1. The summed E-state index contributed by atoms with van der Waals surface area (Å²) < 4.78 is 10.4. The molecule has 0 saturated carbocycles. The van der Waals surface area contributed by atoms with Crippen LogP contribution in [-0.4, -0.2) is 20.8 Å². The maximum Gasteiger partial charge on any atom is 0.161 e. The summed E-state index contributed by atoms with van der Waals surface area (Å²) in [5.74, 6) is 1.81. The highest BCUT2D eigenvalue weighted by atomic mass is 16.5. The van der Waals surface area contributed by atoms with E-state index in [1.54, 1.807) is 14.2 Å². The number of hydrogen-bond donors (Lipinski definition) is 1. The third-order valence-corrected chi connectivity index (χ3v) is 2.60. The zero-order chi connectivity index (χ0) is 13.5. The van der Waals surface area contributed by atoms with Crippen molar-refractivity contribution < 1.29 is 9.47 Å². The quantitative estimate of drug-likeness (QED) is 0.840. The average molecular weight is 248 g/mol. The van der Waals surface area contributed by atoms with Gasteiger partial charge in [0.05, 0.1) is 20.3 Å². The van der Waals surface area contributed by atoms with Gasteiger partial charge in [-0.05, 0) is 30.2 Å².